The summed E-state index contributed by atoms with van der Waals surface area (Å²) in [7, 11) is 0. The van der Waals surface area contributed by atoms with Gasteiger partial charge in [-0.2, -0.15) is 0 Å². The average molecular weight is 227 g/mol. The zero-order valence-electron chi connectivity index (χ0n) is 9.39. The van der Waals surface area contributed by atoms with E-state index >= 15 is 0 Å². The molecule has 6 heteroatoms. The van der Waals surface area contributed by atoms with E-state index in [0.29, 0.717) is 26.2 Å². The van der Waals surface area contributed by atoms with Crippen LogP contribution in [0.25, 0.3) is 0 Å². The SMILES string of the molecule is CC(CC(=O)N1CCN(C=O)CC1)C(N)=O. The van der Waals surface area contributed by atoms with Crippen molar-refractivity contribution in [2.45, 2.75) is 13.3 Å². The molecule has 1 heterocycles. The highest BCUT2D eigenvalue weighted by Gasteiger charge is 2.22. The van der Waals surface area contributed by atoms with Crippen molar-refractivity contribution in [3.05, 3.63) is 0 Å². The van der Waals surface area contributed by atoms with Crippen LogP contribution in [0.4, 0.5) is 0 Å². The Morgan fingerprint density at radius 2 is 1.88 bits per heavy atom. The van der Waals surface area contributed by atoms with Crippen LogP contribution in [0.15, 0.2) is 0 Å². The van der Waals surface area contributed by atoms with Gasteiger partial charge < -0.3 is 15.5 Å². The Morgan fingerprint density at radius 1 is 1.31 bits per heavy atom. The highest BCUT2D eigenvalue weighted by atomic mass is 16.2. The first-order chi connectivity index (χ1) is 7.54. The number of nitrogens with zero attached hydrogens (tertiary/aromatic N) is 2. The monoisotopic (exact) mass is 227 g/mol. The van der Waals surface area contributed by atoms with Crippen LogP contribution in [-0.4, -0.2) is 54.2 Å². The lowest BCUT2D eigenvalue weighted by Gasteiger charge is -2.32. The van der Waals surface area contributed by atoms with E-state index in [1.807, 2.05) is 0 Å². The third-order valence-electron chi connectivity index (χ3n) is 2.78. The molecule has 2 N–H and O–H groups in total. The molecule has 3 amide bonds. The van der Waals surface area contributed by atoms with E-state index in [2.05, 4.69) is 0 Å². The number of carbonyl (C=O) groups is 3. The molecule has 0 radical (unpaired) electrons. The molecule has 1 atom stereocenters. The molecule has 0 aliphatic carbocycles. The molecule has 0 aromatic heterocycles. The lowest BCUT2D eigenvalue weighted by molar-refractivity contribution is -0.137. The van der Waals surface area contributed by atoms with Crippen LogP contribution in [0.5, 0.6) is 0 Å². The van der Waals surface area contributed by atoms with Crippen LogP contribution < -0.4 is 5.73 Å². The zero-order valence-corrected chi connectivity index (χ0v) is 9.39. The van der Waals surface area contributed by atoms with Crippen molar-refractivity contribution in [3.8, 4) is 0 Å². The molecule has 1 saturated heterocycles. The van der Waals surface area contributed by atoms with Crippen molar-refractivity contribution >= 4 is 18.2 Å². The van der Waals surface area contributed by atoms with E-state index in [9.17, 15) is 14.4 Å². The Hall–Kier alpha value is -1.59. The van der Waals surface area contributed by atoms with Gasteiger partial charge in [0.1, 0.15) is 0 Å². The van der Waals surface area contributed by atoms with Gasteiger partial charge in [-0.05, 0) is 0 Å². The first-order valence-corrected chi connectivity index (χ1v) is 5.31. The Kier molecular flexibility index (Phi) is 4.28. The van der Waals surface area contributed by atoms with Crippen LogP contribution in [0.1, 0.15) is 13.3 Å². The maximum Gasteiger partial charge on any atom is 0.223 e. The van der Waals surface area contributed by atoms with Gasteiger partial charge in [-0.25, -0.2) is 0 Å². The van der Waals surface area contributed by atoms with Gasteiger partial charge in [0.2, 0.25) is 18.2 Å². The maximum absolute atomic E-state index is 11.7. The van der Waals surface area contributed by atoms with Crippen molar-refractivity contribution in [1.29, 1.82) is 0 Å². The molecule has 0 spiro atoms. The molecule has 1 aliphatic heterocycles. The van der Waals surface area contributed by atoms with E-state index in [-0.39, 0.29) is 12.3 Å². The minimum absolute atomic E-state index is 0.0724. The number of primary amides is 1. The quantitative estimate of drug-likeness (QED) is 0.612. The second kappa shape index (κ2) is 5.48. The molecule has 1 unspecified atom stereocenters. The summed E-state index contributed by atoms with van der Waals surface area (Å²) in [4.78, 5) is 36.3. The van der Waals surface area contributed by atoms with Gasteiger partial charge in [-0.3, -0.25) is 14.4 Å². The van der Waals surface area contributed by atoms with E-state index < -0.39 is 11.8 Å². The van der Waals surface area contributed by atoms with Crippen molar-refractivity contribution in [1.82, 2.24) is 9.80 Å². The van der Waals surface area contributed by atoms with Gasteiger partial charge >= 0.3 is 0 Å². The number of amides is 3. The number of piperazine rings is 1. The molecular weight excluding hydrogens is 210 g/mol. The summed E-state index contributed by atoms with van der Waals surface area (Å²) in [5, 5.41) is 0. The second-order valence-corrected chi connectivity index (χ2v) is 4.03. The Labute approximate surface area is 94.4 Å². The summed E-state index contributed by atoms with van der Waals surface area (Å²) < 4.78 is 0. The molecule has 90 valence electrons. The van der Waals surface area contributed by atoms with Crippen LogP contribution >= 0.6 is 0 Å². The smallest absolute Gasteiger partial charge is 0.223 e. The molecule has 16 heavy (non-hydrogen) atoms. The lowest BCUT2D eigenvalue weighted by atomic mass is 10.1. The molecule has 0 aromatic carbocycles. The third-order valence-corrected chi connectivity index (χ3v) is 2.78. The van der Waals surface area contributed by atoms with Gasteiger partial charge in [-0.1, -0.05) is 6.92 Å². The van der Waals surface area contributed by atoms with E-state index in [1.54, 1.807) is 16.7 Å². The average Bonchev–Trinajstić information content (AvgIpc) is 2.28. The second-order valence-electron chi connectivity index (χ2n) is 4.03. The van der Waals surface area contributed by atoms with Gasteiger partial charge in [0, 0.05) is 38.5 Å². The summed E-state index contributed by atoms with van der Waals surface area (Å²) >= 11 is 0. The van der Waals surface area contributed by atoms with Crippen LogP contribution in [-0.2, 0) is 14.4 Å². The summed E-state index contributed by atoms with van der Waals surface area (Å²) in [6, 6.07) is 0. The molecule has 0 saturated carbocycles. The highest BCUT2D eigenvalue weighted by molar-refractivity contribution is 5.84. The maximum atomic E-state index is 11.7. The third kappa shape index (κ3) is 3.22. The normalized spacial score (nSPS) is 18.1. The molecule has 6 nitrogen and oxygen atoms in total. The van der Waals surface area contributed by atoms with Crippen molar-refractivity contribution < 1.29 is 14.4 Å². The number of nitrogens with two attached hydrogens (primary N) is 1. The largest absolute Gasteiger partial charge is 0.369 e. The van der Waals surface area contributed by atoms with Crippen molar-refractivity contribution in [2.75, 3.05) is 26.2 Å². The number of hydrogen-bond donors (Lipinski definition) is 1. The minimum Gasteiger partial charge on any atom is -0.369 e. The molecule has 1 rings (SSSR count). The topological polar surface area (TPSA) is 83.7 Å². The van der Waals surface area contributed by atoms with Gasteiger partial charge in [0.25, 0.3) is 0 Å². The van der Waals surface area contributed by atoms with Crippen LogP contribution in [0.2, 0.25) is 0 Å². The number of hydrogen-bond acceptors (Lipinski definition) is 3. The van der Waals surface area contributed by atoms with Crippen LogP contribution in [0, 0.1) is 5.92 Å². The van der Waals surface area contributed by atoms with Crippen LogP contribution in [0.3, 0.4) is 0 Å². The molecular formula is C10H17N3O3. The van der Waals surface area contributed by atoms with Gasteiger partial charge in [-0.15, -0.1) is 0 Å². The summed E-state index contributed by atoms with van der Waals surface area (Å²) in [6.45, 7) is 3.81. The van der Waals surface area contributed by atoms with Crippen molar-refractivity contribution in [2.24, 2.45) is 11.7 Å². The van der Waals surface area contributed by atoms with Crippen molar-refractivity contribution in [3.63, 3.8) is 0 Å². The lowest BCUT2D eigenvalue weighted by Crippen LogP contribution is -2.48. The Bertz CT molecular complexity index is 285. The highest BCUT2D eigenvalue weighted by Crippen LogP contribution is 2.07. The fourth-order valence-electron chi connectivity index (χ4n) is 1.57. The predicted molar refractivity (Wildman–Crippen MR) is 57.2 cm³/mol. The van der Waals surface area contributed by atoms with E-state index in [0.717, 1.165) is 6.41 Å². The summed E-state index contributed by atoms with van der Waals surface area (Å²) in [5.41, 5.74) is 5.09. The standard InChI is InChI=1S/C10H17N3O3/c1-8(10(11)16)6-9(15)13-4-2-12(7-14)3-5-13/h7-8H,2-6H2,1H3,(H2,11,16). The first-order valence-electron chi connectivity index (χ1n) is 5.31. The number of carbonyl (C=O) groups excluding carboxylic acids is 3. The zero-order chi connectivity index (χ0) is 12.1. The molecule has 1 fully saturated rings. The summed E-state index contributed by atoms with van der Waals surface area (Å²) in [6.07, 6.45) is 0.935. The molecule has 0 bridgehead atoms. The van der Waals surface area contributed by atoms with E-state index in [1.165, 1.54) is 0 Å². The van der Waals surface area contributed by atoms with Gasteiger partial charge in [0.15, 0.2) is 0 Å². The van der Waals surface area contributed by atoms with Gasteiger partial charge in [0.05, 0.1) is 0 Å². The predicted octanol–water partition coefficient (Wildman–Crippen LogP) is -1.20. The molecule has 0 aromatic rings. The Morgan fingerprint density at radius 3 is 2.31 bits per heavy atom. The number of rotatable bonds is 4. The molecule has 1 aliphatic rings. The fourth-order valence-corrected chi connectivity index (χ4v) is 1.57. The fraction of sp³-hybridized carbons (Fsp3) is 0.700. The summed E-state index contributed by atoms with van der Waals surface area (Å²) in [5.74, 6) is -0.965. The van der Waals surface area contributed by atoms with E-state index in [4.69, 9.17) is 5.73 Å². The minimum atomic E-state index is -0.458. The first kappa shape index (κ1) is 12.5. The Balaban J connectivity index is 2.39.